The number of hydrogen-bond donors (Lipinski definition) is 0. The Labute approximate surface area is 171 Å². The first kappa shape index (κ1) is 20.3. The van der Waals surface area contributed by atoms with Gasteiger partial charge in [0.25, 0.3) is 5.88 Å². The maximum absolute atomic E-state index is 10.9. The molecule has 0 unspecified atom stereocenters. The van der Waals surface area contributed by atoms with Crippen LogP contribution in [0.4, 0.5) is 0 Å². The predicted molar refractivity (Wildman–Crippen MR) is 103 cm³/mol. The molecule has 0 aliphatic heterocycles. The van der Waals surface area contributed by atoms with Gasteiger partial charge in [-0.15, -0.1) is 0 Å². The molecule has 0 aliphatic rings. The van der Waals surface area contributed by atoms with Crippen LogP contribution >= 0.6 is 11.6 Å². The van der Waals surface area contributed by atoms with Crippen LogP contribution in [0.3, 0.4) is 0 Å². The van der Waals surface area contributed by atoms with Crippen LogP contribution in [0.2, 0.25) is 5.15 Å². The Balaban J connectivity index is 1.95. The second-order valence-corrected chi connectivity index (χ2v) is 5.84. The number of nitrogens with zero attached hydrogens (tertiary/aromatic N) is 4. The standard InChI is InChI=1S/C19H17ClN4O5/c1-12(25)27-10-11-28-19-15(29-14-7-4-3-6-13(14)26-2)16(20)23-18(24-19)17-21-8-5-9-22-17/h3-9H,10-11H2,1-2H3. The maximum Gasteiger partial charge on any atom is 0.302 e. The molecule has 0 amide bonds. The third-order valence-electron chi connectivity index (χ3n) is 3.47. The number of rotatable bonds is 8. The molecular formula is C19H17ClN4O5. The number of hydrogen-bond acceptors (Lipinski definition) is 9. The molecule has 0 N–H and O–H groups in total. The first-order chi connectivity index (χ1) is 14.1. The average Bonchev–Trinajstić information content (AvgIpc) is 2.74. The van der Waals surface area contributed by atoms with E-state index in [-0.39, 0.29) is 41.6 Å². The van der Waals surface area contributed by atoms with Crippen molar-refractivity contribution in [2.45, 2.75) is 6.92 Å². The molecule has 0 aliphatic carbocycles. The highest BCUT2D eigenvalue weighted by atomic mass is 35.5. The van der Waals surface area contributed by atoms with Crippen LogP contribution in [0.1, 0.15) is 6.92 Å². The summed E-state index contributed by atoms with van der Waals surface area (Å²) in [5.74, 6) is 1.02. The van der Waals surface area contributed by atoms with Crippen LogP contribution in [0.25, 0.3) is 11.6 Å². The Hall–Kier alpha value is -3.46. The summed E-state index contributed by atoms with van der Waals surface area (Å²) in [4.78, 5) is 27.7. The largest absolute Gasteiger partial charge is 0.493 e. The van der Waals surface area contributed by atoms with E-state index < -0.39 is 5.97 Å². The van der Waals surface area contributed by atoms with E-state index in [0.29, 0.717) is 11.5 Å². The van der Waals surface area contributed by atoms with Crippen LogP contribution < -0.4 is 14.2 Å². The number of carbonyl (C=O) groups is 1. The summed E-state index contributed by atoms with van der Waals surface area (Å²) in [6.07, 6.45) is 3.11. The summed E-state index contributed by atoms with van der Waals surface area (Å²) >= 11 is 6.36. The van der Waals surface area contributed by atoms with Crippen molar-refractivity contribution >= 4 is 17.6 Å². The van der Waals surface area contributed by atoms with Gasteiger partial charge in [-0.05, 0) is 18.2 Å². The first-order valence-corrected chi connectivity index (χ1v) is 8.88. The van der Waals surface area contributed by atoms with Crippen molar-refractivity contribution in [3.05, 3.63) is 47.9 Å². The Bertz CT molecular complexity index is 988. The zero-order valence-corrected chi connectivity index (χ0v) is 16.4. The lowest BCUT2D eigenvalue weighted by atomic mass is 10.3. The number of ether oxygens (including phenoxy) is 4. The van der Waals surface area contributed by atoms with Crippen molar-refractivity contribution in [3.8, 4) is 34.8 Å². The van der Waals surface area contributed by atoms with E-state index in [1.54, 1.807) is 42.7 Å². The Kier molecular flexibility index (Phi) is 6.75. The van der Waals surface area contributed by atoms with Gasteiger partial charge in [0, 0.05) is 19.3 Å². The van der Waals surface area contributed by atoms with Gasteiger partial charge in [-0.25, -0.2) is 15.0 Å². The number of para-hydroxylation sites is 2. The predicted octanol–water partition coefficient (Wildman–Crippen LogP) is 3.33. The van der Waals surface area contributed by atoms with E-state index in [1.807, 2.05) is 0 Å². The number of methoxy groups -OCH3 is 1. The average molecular weight is 417 g/mol. The Morgan fingerprint density at radius 3 is 2.41 bits per heavy atom. The van der Waals surface area contributed by atoms with E-state index in [1.165, 1.54) is 14.0 Å². The fraction of sp³-hybridized carbons (Fsp3) is 0.211. The number of carbonyl (C=O) groups excluding carboxylic acids is 1. The van der Waals surface area contributed by atoms with Crippen LogP contribution in [0, 0.1) is 0 Å². The zero-order chi connectivity index (χ0) is 20.6. The minimum Gasteiger partial charge on any atom is -0.493 e. The third-order valence-corrected chi connectivity index (χ3v) is 3.72. The summed E-state index contributed by atoms with van der Waals surface area (Å²) in [5.41, 5.74) is 0. The lowest BCUT2D eigenvalue weighted by molar-refractivity contribution is -0.141. The van der Waals surface area contributed by atoms with Gasteiger partial charge in [0.05, 0.1) is 7.11 Å². The molecule has 10 heteroatoms. The molecule has 2 aromatic heterocycles. The molecular weight excluding hydrogens is 400 g/mol. The van der Waals surface area contributed by atoms with Gasteiger partial charge in [-0.1, -0.05) is 23.7 Å². The zero-order valence-electron chi connectivity index (χ0n) is 15.7. The quantitative estimate of drug-likeness (QED) is 0.310. The molecule has 2 heterocycles. The normalized spacial score (nSPS) is 10.3. The van der Waals surface area contributed by atoms with E-state index >= 15 is 0 Å². The van der Waals surface area contributed by atoms with Crippen molar-refractivity contribution in [2.24, 2.45) is 0 Å². The molecule has 0 spiro atoms. The van der Waals surface area contributed by atoms with Crippen molar-refractivity contribution in [1.82, 2.24) is 19.9 Å². The Morgan fingerprint density at radius 1 is 1.00 bits per heavy atom. The van der Waals surface area contributed by atoms with Crippen LogP contribution in [0.5, 0.6) is 23.1 Å². The highest BCUT2D eigenvalue weighted by Crippen LogP contribution is 2.40. The minimum absolute atomic E-state index is 0.00385. The molecule has 3 rings (SSSR count). The summed E-state index contributed by atoms with van der Waals surface area (Å²) < 4.78 is 21.7. The van der Waals surface area contributed by atoms with Crippen molar-refractivity contribution in [3.63, 3.8) is 0 Å². The van der Waals surface area contributed by atoms with Crippen molar-refractivity contribution < 1.29 is 23.7 Å². The lowest BCUT2D eigenvalue weighted by Gasteiger charge is -2.15. The molecule has 0 saturated heterocycles. The third kappa shape index (κ3) is 5.29. The van der Waals surface area contributed by atoms with Gasteiger partial charge in [0.2, 0.25) is 11.6 Å². The van der Waals surface area contributed by atoms with Crippen LogP contribution in [-0.2, 0) is 9.53 Å². The molecule has 0 bridgehead atoms. The molecule has 0 radical (unpaired) electrons. The molecule has 150 valence electrons. The monoisotopic (exact) mass is 416 g/mol. The van der Waals surface area contributed by atoms with Gasteiger partial charge in [0.1, 0.15) is 13.2 Å². The van der Waals surface area contributed by atoms with E-state index in [4.69, 9.17) is 30.5 Å². The van der Waals surface area contributed by atoms with Crippen molar-refractivity contribution in [1.29, 1.82) is 0 Å². The summed E-state index contributed by atoms with van der Waals surface area (Å²) in [6, 6.07) is 8.68. The van der Waals surface area contributed by atoms with Crippen LogP contribution in [-0.4, -0.2) is 46.2 Å². The van der Waals surface area contributed by atoms with Gasteiger partial charge >= 0.3 is 5.97 Å². The highest BCUT2D eigenvalue weighted by molar-refractivity contribution is 6.31. The molecule has 0 fully saturated rings. The molecule has 3 aromatic rings. The second kappa shape index (κ2) is 9.65. The number of benzene rings is 1. The Morgan fingerprint density at radius 2 is 1.72 bits per heavy atom. The van der Waals surface area contributed by atoms with E-state index in [2.05, 4.69) is 19.9 Å². The maximum atomic E-state index is 10.9. The fourth-order valence-corrected chi connectivity index (χ4v) is 2.44. The topological polar surface area (TPSA) is 106 Å². The fourth-order valence-electron chi connectivity index (χ4n) is 2.24. The van der Waals surface area contributed by atoms with Gasteiger partial charge in [-0.2, -0.15) is 4.98 Å². The van der Waals surface area contributed by atoms with E-state index in [0.717, 1.165) is 0 Å². The number of halogens is 1. The smallest absolute Gasteiger partial charge is 0.302 e. The molecule has 0 atom stereocenters. The lowest BCUT2D eigenvalue weighted by Crippen LogP contribution is -2.11. The SMILES string of the molecule is COc1ccccc1Oc1c(Cl)nc(-c2ncccn2)nc1OCCOC(C)=O. The second-order valence-electron chi connectivity index (χ2n) is 5.49. The van der Waals surface area contributed by atoms with Gasteiger partial charge in [0.15, 0.2) is 22.5 Å². The molecule has 29 heavy (non-hydrogen) atoms. The number of aromatic nitrogens is 4. The summed E-state index contributed by atoms with van der Waals surface area (Å²) in [7, 11) is 1.52. The number of esters is 1. The first-order valence-electron chi connectivity index (χ1n) is 8.50. The van der Waals surface area contributed by atoms with Crippen molar-refractivity contribution in [2.75, 3.05) is 20.3 Å². The van der Waals surface area contributed by atoms with Gasteiger partial charge < -0.3 is 18.9 Å². The van der Waals surface area contributed by atoms with E-state index in [9.17, 15) is 4.79 Å². The van der Waals surface area contributed by atoms with Gasteiger partial charge in [-0.3, -0.25) is 4.79 Å². The van der Waals surface area contributed by atoms with Crippen LogP contribution in [0.15, 0.2) is 42.7 Å². The minimum atomic E-state index is -0.418. The summed E-state index contributed by atoms with van der Waals surface area (Å²) in [5, 5.41) is -0.00385. The molecule has 1 aromatic carbocycles. The highest BCUT2D eigenvalue weighted by Gasteiger charge is 2.20. The molecule has 9 nitrogen and oxygen atoms in total. The summed E-state index contributed by atoms with van der Waals surface area (Å²) in [6.45, 7) is 1.37. The molecule has 0 saturated carbocycles.